The van der Waals surface area contributed by atoms with Crippen molar-refractivity contribution in [2.24, 2.45) is 20.0 Å². The van der Waals surface area contributed by atoms with Crippen molar-refractivity contribution in [3.63, 3.8) is 0 Å². The SMILES string of the molecule is Cc1c(NSC(C)C2CC(F)(F)C2)c(=O)n(-c2cccc(-c3cnn(C)c3)c2)n1C. The lowest BCUT2D eigenvalue weighted by atomic mass is 9.79. The van der Waals surface area contributed by atoms with Gasteiger partial charge in [-0.25, -0.2) is 13.5 Å². The highest BCUT2D eigenvalue weighted by molar-refractivity contribution is 8.01. The molecule has 9 heteroatoms. The summed E-state index contributed by atoms with van der Waals surface area (Å²) in [4.78, 5) is 13.2. The number of aryl methyl sites for hydroxylation is 1. The molecule has 1 aliphatic carbocycles. The zero-order chi connectivity index (χ0) is 21.6. The van der Waals surface area contributed by atoms with Crippen LogP contribution in [-0.4, -0.2) is 30.3 Å². The van der Waals surface area contributed by atoms with Gasteiger partial charge in [0.2, 0.25) is 5.92 Å². The molecule has 1 atom stereocenters. The second-order valence-electron chi connectivity index (χ2n) is 8.00. The smallest absolute Gasteiger partial charge is 0.295 e. The minimum atomic E-state index is -2.53. The first-order chi connectivity index (χ1) is 14.2. The van der Waals surface area contributed by atoms with Gasteiger partial charge in [-0.3, -0.25) is 14.2 Å². The summed E-state index contributed by atoms with van der Waals surface area (Å²) in [6, 6.07) is 7.73. The fraction of sp³-hybridized carbons (Fsp3) is 0.429. The van der Waals surface area contributed by atoms with Crippen LogP contribution in [0.3, 0.4) is 0 Å². The summed E-state index contributed by atoms with van der Waals surface area (Å²) in [5, 5.41) is 4.20. The highest BCUT2D eigenvalue weighted by Gasteiger charge is 2.47. The molecule has 1 N–H and O–H groups in total. The molecule has 6 nitrogen and oxygen atoms in total. The molecule has 1 saturated carbocycles. The first-order valence-corrected chi connectivity index (χ1v) is 10.7. The number of halogens is 2. The van der Waals surface area contributed by atoms with Crippen LogP contribution in [0.2, 0.25) is 0 Å². The van der Waals surface area contributed by atoms with Crippen molar-refractivity contribution in [1.82, 2.24) is 19.1 Å². The predicted molar refractivity (Wildman–Crippen MR) is 116 cm³/mol. The molecule has 2 heterocycles. The van der Waals surface area contributed by atoms with E-state index in [1.54, 1.807) is 20.2 Å². The molecule has 0 bridgehead atoms. The molecular formula is C21H25F2N5OS. The third-order valence-corrected chi connectivity index (χ3v) is 6.89. The lowest BCUT2D eigenvalue weighted by Crippen LogP contribution is -2.40. The Balaban J connectivity index is 1.58. The highest BCUT2D eigenvalue weighted by Crippen LogP contribution is 2.46. The molecule has 0 saturated heterocycles. The van der Waals surface area contributed by atoms with Crippen molar-refractivity contribution in [3.05, 3.63) is 52.7 Å². The van der Waals surface area contributed by atoms with Gasteiger partial charge >= 0.3 is 0 Å². The molecule has 1 unspecified atom stereocenters. The van der Waals surface area contributed by atoms with Gasteiger partial charge in [0.05, 0.1) is 17.6 Å². The molecule has 160 valence electrons. The van der Waals surface area contributed by atoms with Gasteiger partial charge in [0.15, 0.2) is 0 Å². The third kappa shape index (κ3) is 3.78. The highest BCUT2D eigenvalue weighted by atomic mass is 32.2. The molecule has 4 rings (SSSR count). The number of aromatic nitrogens is 4. The number of hydrogen-bond donors (Lipinski definition) is 1. The van der Waals surface area contributed by atoms with Gasteiger partial charge in [-0.2, -0.15) is 5.10 Å². The average molecular weight is 434 g/mol. The minimum Gasteiger partial charge on any atom is -0.323 e. The van der Waals surface area contributed by atoms with Gasteiger partial charge in [0.25, 0.3) is 5.56 Å². The number of rotatable bonds is 6. The predicted octanol–water partition coefficient (Wildman–Crippen LogP) is 4.38. The zero-order valence-electron chi connectivity index (χ0n) is 17.4. The summed E-state index contributed by atoms with van der Waals surface area (Å²) in [6.45, 7) is 3.79. The summed E-state index contributed by atoms with van der Waals surface area (Å²) in [5.41, 5.74) is 3.78. The van der Waals surface area contributed by atoms with E-state index in [-0.39, 0.29) is 29.6 Å². The summed E-state index contributed by atoms with van der Waals surface area (Å²) >= 11 is 1.34. The van der Waals surface area contributed by atoms with Crippen LogP contribution in [0.25, 0.3) is 16.8 Å². The Hall–Kier alpha value is -2.55. The number of benzene rings is 1. The number of alkyl halides is 2. The summed E-state index contributed by atoms with van der Waals surface area (Å²) in [7, 11) is 3.69. The van der Waals surface area contributed by atoms with Gasteiger partial charge in [0.1, 0.15) is 5.69 Å². The maximum atomic E-state index is 13.2. The van der Waals surface area contributed by atoms with E-state index < -0.39 is 5.92 Å². The molecule has 1 fully saturated rings. The van der Waals surface area contributed by atoms with E-state index in [2.05, 4.69) is 9.82 Å². The van der Waals surface area contributed by atoms with E-state index in [1.165, 1.54) is 11.9 Å². The van der Waals surface area contributed by atoms with Crippen LogP contribution in [0.5, 0.6) is 0 Å². The Morgan fingerprint density at radius 1 is 1.27 bits per heavy atom. The molecule has 0 amide bonds. The summed E-state index contributed by atoms with van der Waals surface area (Å²) < 4.78 is 34.6. The van der Waals surface area contributed by atoms with Crippen molar-refractivity contribution >= 4 is 17.6 Å². The second kappa shape index (κ2) is 7.61. The molecule has 0 aliphatic heterocycles. The number of hydrogen-bond acceptors (Lipinski definition) is 4. The van der Waals surface area contributed by atoms with Crippen LogP contribution in [0, 0.1) is 12.8 Å². The maximum absolute atomic E-state index is 13.2. The summed E-state index contributed by atoms with van der Waals surface area (Å²) in [5.74, 6) is -2.58. The van der Waals surface area contributed by atoms with E-state index in [0.29, 0.717) is 5.69 Å². The summed E-state index contributed by atoms with van der Waals surface area (Å²) in [6.07, 6.45) is 3.55. The maximum Gasteiger partial charge on any atom is 0.295 e. The Morgan fingerprint density at radius 2 is 2.00 bits per heavy atom. The Kier molecular flexibility index (Phi) is 5.25. The Bertz CT molecular complexity index is 1120. The van der Waals surface area contributed by atoms with Crippen molar-refractivity contribution in [1.29, 1.82) is 0 Å². The molecule has 3 aromatic rings. The molecule has 1 aromatic carbocycles. The number of anilines is 1. The number of nitrogens with one attached hydrogen (secondary N) is 1. The van der Waals surface area contributed by atoms with E-state index in [0.717, 1.165) is 22.5 Å². The molecule has 2 aromatic heterocycles. The van der Waals surface area contributed by atoms with Crippen LogP contribution in [0.4, 0.5) is 14.5 Å². The number of nitrogens with zero attached hydrogens (tertiary/aromatic N) is 4. The molecule has 1 aliphatic rings. The van der Waals surface area contributed by atoms with E-state index in [9.17, 15) is 13.6 Å². The topological polar surface area (TPSA) is 56.8 Å². The van der Waals surface area contributed by atoms with Crippen molar-refractivity contribution in [3.8, 4) is 16.8 Å². The van der Waals surface area contributed by atoms with E-state index in [1.807, 2.05) is 58.4 Å². The fourth-order valence-electron chi connectivity index (χ4n) is 3.79. The van der Waals surface area contributed by atoms with Crippen LogP contribution in [-0.2, 0) is 14.1 Å². The van der Waals surface area contributed by atoms with Gasteiger partial charge in [-0.05, 0) is 42.5 Å². The van der Waals surface area contributed by atoms with Crippen LogP contribution in [0.15, 0.2) is 41.5 Å². The van der Waals surface area contributed by atoms with E-state index in [4.69, 9.17) is 0 Å². The van der Waals surface area contributed by atoms with Crippen LogP contribution < -0.4 is 10.3 Å². The molecule has 0 spiro atoms. The Morgan fingerprint density at radius 3 is 2.63 bits per heavy atom. The van der Waals surface area contributed by atoms with Crippen molar-refractivity contribution < 1.29 is 8.78 Å². The van der Waals surface area contributed by atoms with Crippen LogP contribution in [0.1, 0.15) is 25.5 Å². The van der Waals surface area contributed by atoms with Gasteiger partial charge in [-0.15, -0.1) is 0 Å². The second-order valence-corrected chi connectivity index (χ2v) is 9.19. The van der Waals surface area contributed by atoms with Gasteiger partial charge in [0, 0.05) is 43.9 Å². The van der Waals surface area contributed by atoms with Gasteiger partial charge in [-0.1, -0.05) is 19.1 Å². The van der Waals surface area contributed by atoms with E-state index >= 15 is 0 Å². The molecule has 0 radical (unpaired) electrons. The monoisotopic (exact) mass is 433 g/mol. The van der Waals surface area contributed by atoms with Gasteiger partial charge < -0.3 is 4.72 Å². The molecular weight excluding hydrogens is 408 g/mol. The minimum absolute atomic E-state index is 0.00834. The van der Waals surface area contributed by atoms with Crippen LogP contribution >= 0.6 is 11.9 Å². The standard InChI is InChI=1S/C21H25F2N5OS/c1-13-19(25-30-14(2)16-9-21(22,23)10-16)20(29)28(27(13)4)18-7-5-6-15(8-18)17-11-24-26(3)12-17/h5-8,11-12,14,16,25H,9-10H2,1-4H3. The molecule has 30 heavy (non-hydrogen) atoms. The zero-order valence-corrected chi connectivity index (χ0v) is 18.2. The first-order valence-electron chi connectivity index (χ1n) is 9.84. The third-order valence-electron chi connectivity index (χ3n) is 5.81. The Labute approximate surface area is 178 Å². The average Bonchev–Trinajstić information content (AvgIpc) is 3.20. The lowest BCUT2D eigenvalue weighted by molar-refractivity contribution is -0.109. The largest absolute Gasteiger partial charge is 0.323 e. The lowest BCUT2D eigenvalue weighted by Gasteiger charge is -2.38. The quantitative estimate of drug-likeness (QED) is 0.586. The first kappa shape index (κ1) is 20.7. The van der Waals surface area contributed by atoms with Crippen molar-refractivity contribution in [2.45, 2.75) is 37.9 Å². The van der Waals surface area contributed by atoms with Crippen molar-refractivity contribution in [2.75, 3.05) is 4.72 Å². The fourth-order valence-corrected chi connectivity index (χ4v) is 4.72. The normalized spacial score (nSPS) is 17.0.